The first-order valence-electron chi connectivity index (χ1n) is 15.1. The van der Waals surface area contributed by atoms with Crippen LogP contribution in [0.3, 0.4) is 0 Å². The van der Waals surface area contributed by atoms with Crippen LogP contribution in [0, 0.1) is 0 Å². The summed E-state index contributed by atoms with van der Waals surface area (Å²) >= 11 is 0. The predicted octanol–water partition coefficient (Wildman–Crippen LogP) is 10.3. The van der Waals surface area contributed by atoms with Gasteiger partial charge in [-0.25, -0.2) is 4.98 Å². The molecule has 0 atom stereocenters. The summed E-state index contributed by atoms with van der Waals surface area (Å²) in [4.78, 5) is 15.4. The molecule has 0 aliphatic rings. The first kappa shape index (κ1) is 25.4. The Morgan fingerprint density at radius 2 is 0.822 bits per heavy atom. The van der Waals surface area contributed by atoms with E-state index in [0.717, 1.165) is 32.9 Å². The number of fused-ring (bicyclic) bond motifs is 5. The summed E-state index contributed by atoms with van der Waals surface area (Å²) in [6.07, 6.45) is 0. The molecule has 0 bridgehead atoms. The third-order valence-corrected chi connectivity index (χ3v) is 8.68. The quantitative estimate of drug-likeness (QED) is 0.210. The summed E-state index contributed by atoms with van der Waals surface area (Å²) in [5.41, 5.74) is 6.43. The molecule has 9 rings (SSSR count). The first-order valence-corrected chi connectivity index (χ1v) is 15.1. The summed E-state index contributed by atoms with van der Waals surface area (Å²) in [7, 11) is 0. The molecule has 2 aromatic heterocycles. The van der Waals surface area contributed by atoms with Gasteiger partial charge in [0.15, 0.2) is 11.6 Å². The van der Waals surface area contributed by atoms with Crippen molar-refractivity contribution in [1.82, 2.24) is 19.5 Å². The van der Waals surface area contributed by atoms with Gasteiger partial charge in [0.2, 0.25) is 5.95 Å². The molecule has 7 aromatic carbocycles. The van der Waals surface area contributed by atoms with Gasteiger partial charge in [-0.05, 0) is 44.8 Å². The number of para-hydroxylation sites is 2. The van der Waals surface area contributed by atoms with Crippen molar-refractivity contribution in [2.24, 2.45) is 0 Å². The minimum Gasteiger partial charge on any atom is -0.278 e. The van der Waals surface area contributed by atoms with Crippen molar-refractivity contribution in [1.29, 1.82) is 0 Å². The molecule has 210 valence electrons. The van der Waals surface area contributed by atoms with E-state index in [2.05, 4.69) is 144 Å². The van der Waals surface area contributed by atoms with Gasteiger partial charge in [0, 0.05) is 21.9 Å². The number of rotatable bonds is 4. The third-order valence-electron chi connectivity index (χ3n) is 8.68. The van der Waals surface area contributed by atoms with E-state index in [0.29, 0.717) is 17.6 Å². The van der Waals surface area contributed by atoms with Crippen LogP contribution in [0.2, 0.25) is 0 Å². The molecule has 0 aliphatic heterocycles. The van der Waals surface area contributed by atoms with Crippen LogP contribution in [0.5, 0.6) is 0 Å². The molecule has 4 heteroatoms. The molecule has 0 unspecified atom stereocenters. The molecular weight excluding hydrogens is 548 g/mol. The Morgan fingerprint density at radius 3 is 1.56 bits per heavy atom. The van der Waals surface area contributed by atoms with Gasteiger partial charge < -0.3 is 0 Å². The van der Waals surface area contributed by atoms with Crippen molar-refractivity contribution in [3.63, 3.8) is 0 Å². The van der Waals surface area contributed by atoms with Crippen LogP contribution in [0.1, 0.15) is 0 Å². The maximum Gasteiger partial charge on any atom is 0.238 e. The SMILES string of the molecule is c1ccc(-c2nc(-c3cccc4c(-c5cccc6ccccc56)cccc34)nc(-n3c4ccccc4c4ccccc43)n2)cc1. The van der Waals surface area contributed by atoms with E-state index < -0.39 is 0 Å². The predicted molar refractivity (Wildman–Crippen MR) is 185 cm³/mol. The number of hydrogen-bond acceptors (Lipinski definition) is 3. The molecule has 0 aliphatic carbocycles. The maximum atomic E-state index is 5.22. The maximum absolute atomic E-state index is 5.22. The van der Waals surface area contributed by atoms with E-state index >= 15 is 0 Å². The van der Waals surface area contributed by atoms with Crippen molar-refractivity contribution < 1.29 is 0 Å². The largest absolute Gasteiger partial charge is 0.278 e. The molecule has 2 heterocycles. The van der Waals surface area contributed by atoms with Gasteiger partial charge in [0.25, 0.3) is 0 Å². The fourth-order valence-electron chi connectivity index (χ4n) is 6.64. The summed E-state index contributed by atoms with van der Waals surface area (Å²) in [5, 5.41) is 7.05. The lowest BCUT2D eigenvalue weighted by Gasteiger charge is -2.14. The van der Waals surface area contributed by atoms with E-state index in [4.69, 9.17) is 15.0 Å². The van der Waals surface area contributed by atoms with Gasteiger partial charge in [0.05, 0.1) is 11.0 Å². The van der Waals surface area contributed by atoms with E-state index in [1.54, 1.807) is 0 Å². The zero-order valence-corrected chi connectivity index (χ0v) is 24.3. The Hall–Kier alpha value is -6.13. The Bertz CT molecular complexity index is 2490. The average molecular weight is 575 g/mol. The topological polar surface area (TPSA) is 43.6 Å². The molecular formula is C41H26N4. The lowest BCUT2D eigenvalue weighted by atomic mass is 9.92. The average Bonchev–Trinajstić information content (AvgIpc) is 3.45. The second-order valence-corrected chi connectivity index (χ2v) is 11.3. The monoisotopic (exact) mass is 574 g/mol. The van der Waals surface area contributed by atoms with Gasteiger partial charge in [-0.15, -0.1) is 0 Å². The van der Waals surface area contributed by atoms with E-state index in [1.165, 1.54) is 32.7 Å². The van der Waals surface area contributed by atoms with Crippen molar-refractivity contribution in [2.75, 3.05) is 0 Å². The Kier molecular flexibility index (Phi) is 5.78. The number of benzene rings is 7. The van der Waals surface area contributed by atoms with Crippen LogP contribution in [0.15, 0.2) is 158 Å². The number of nitrogens with zero attached hydrogens (tertiary/aromatic N) is 4. The van der Waals surface area contributed by atoms with Crippen LogP contribution in [-0.2, 0) is 0 Å². The zero-order chi connectivity index (χ0) is 29.7. The minimum absolute atomic E-state index is 0.596. The van der Waals surface area contributed by atoms with Crippen molar-refractivity contribution in [3.8, 4) is 39.9 Å². The van der Waals surface area contributed by atoms with Crippen LogP contribution in [0.25, 0.3) is 83.2 Å². The van der Waals surface area contributed by atoms with Crippen LogP contribution in [0.4, 0.5) is 0 Å². The normalized spacial score (nSPS) is 11.6. The van der Waals surface area contributed by atoms with Crippen molar-refractivity contribution in [2.45, 2.75) is 0 Å². The molecule has 0 radical (unpaired) electrons. The minimum atomic E-state index is 0.596. The van der Waals surface area contributed by atoms with Crippen LogP contribution >= 0.6 is 0 Å². The third kappa shape index (κ3) is 4.11. The van der Waals surface area contributed by atoms with E-state index in [-0.39, 0.29) is 0 Å². The highest BCUT2D eigenvalue weighted by Gasteiger charge is 2.19. The smallest absolute Gasteiger partial charge is 0.238 e. The molecule has 0 amide bonds. The van der Waals surface area contributed by atoms with Gasteiger partial charge >= 0.3 is 0 Å². The van der Waals surface area contributed by atoms with Crippen molar-refractivity contribution in [3.05, 3.63) is 158 Å². The molecule has 4 nitrogen and oxygen atoms in total. The molecule has 0 N–H and O–H groups in total. The molecule has 0 fully saturated rings. The fraction of sp³-hybridized carbons (Fsp3) is 0. The van der Waals surface area contributed by atoms with E-state index in [9.17, 15) is 0 Å². The molecule has 0 saturated heterocycles. The highest BCUT2D eigenvalue weighted by molar-refractivity contribution is 6.10. The lowest BCUT2D eigenvalue weighted by Crippen LogP contribution is -2.06. The molecule has 0 spiro atoms. The highest BCUT2D eigenvalue weighted by atomic mass is 15.2. The fourth-order valence-corrected chi connectivity index (χ4v) is 6.64. The Balaban J connectivity index is 1.32. The standard InChI is InChI=1S/C41H26N4/c1-2-14-28(15-3-1)39-42-40(44-41(43-39)45-37-25-8-6-18-34(37)35-19-7-9-26-38(35)45)36-24-12-22-32-31(21-11-23-33(32)36)30-20-10-16-27-13-4-5-17-29(27)30/h1-26H. The lowest BCUT2D eigenvalue weighted by molar-refractivity contribution is 0.954. The second kappa shape index (κ2) is 10.2. The highest BCUT2D eigenvalue weighted by Crippen LogP contribution is 2.38. The summed E-state index contributed by atoms with van der Waals surface area (Å²) in [6, 6.07) is 55.1. The van der Waals surface area contributed by atoms with Crippen LogP contribution in [-0.4, -0.2) is 19.5 Å². The Morgan fingerprint density at radius 1 is 0.333 bits per heavy atom. The zero-order valence-electron chi connectivity index (χ0n) is 24.3. The van der Waals surface area contributed by atoms with E-state index in [1.807, 2.05) is 18.2 Å². The molecule has 9 aromatic rings. The first-order chi connectivity index (χ1) is 22.3. The molecule has 0 saturated carbocycles. The van der Waals surface area contributed by atoms with Gasteiger partial charge in [0.1, 0.15) is 0 Å². The van der Waals surface area contributed by atoms with Crippen molar-refractivity contribution >= 4 is 43.4 Å². The van der Waals surface area contributed by atoms with Gasteiger partial charge in [-0.3, -0.25) is 4.57 Å². The van der Waals surface area contributed by atoms with Gasteiger partial charge in [-0.2, -0.15) is 9.97 Å². The summed E-state index contributed by atoms with van der Waals surface area (Å²) in [6.45, 7) is 0. The number of aromatic nitrogens is 4. The second-order valence-electron chi connectivity index (χ2n) is 11.3. The van der Waals surface area contributed by atoms with Crippen LogP contribution < -0.4 is 0 Å². The van der Waals surface area contributed by atoms with Gasteiger partial charge in [-0.1, -0.05) is 146 Å². The Labute approximate surface area is 259 Å². The summed E-state index contributed by atoms with van der Waals surface area (Å²) < 4.78 is 2.16. The molecule has 45 heavy (non-hydrogen) atoms. The summed E-state index contributed by atoms with van der Waals surface area (Å²) in [5.74, 6) is 1.87. The number of hydrogen-bond donors (Lipinski definition) is 0.